The first-order valence-corrected chi connectivity index (χ1v) is 9.86. The van der Waals surface area contributed by atoms with Crippen molar-refractivity contribution < 1.29 is 13.2 Å². The number of guanidine groups is 1. The Kier molecular flexibility index (Phi) is 9.78. The van der Waals surface area contributed by atoms with Crippen molar-refractivity contribution in [2.45, 2.75) is 39.0 Å². The van der Waals surface area contributed by atoms with Gasteiger partial charge in [0.1, 0.15) is 5.75 Å². The molecule has 0 aliphatic carbocycles. The number of ether oxygens (including phenoxy) is 1. The molecule has 0 aromatic heterocycles. The molecule has 8 heteroatoms. The van der Waals surface area contributed by atoms with Gasteiger partial charge in [-0.3, -0.25) is 4.99 Å². The molecule has 0 fully saturated rings. The Morgan fingerprint density at radius 1 is 1.28 bits per heavy atom. The molecule has 1 aromatic rings. The zero-order valence-electron chi connectivity index (χ0n) is 15.8. The summed E-state index contributed by atoms with van der Waals surface area (Å²) >= 11 is 0. The summed E-state index contributed by atoms with van der Waals surface area (Å²) in [5.41, 5.74) is 2.16. The van der Waals surface area contributed by atoms with Crippen LogP contribution in [0.1, 0.15) is 31.9 Å². The minimum absolute atomic E-state index is 0. The van der Waals surface area contributed by atoms with Crippen molar-refractivity contribution in [3.05, 3.63) is 29.3 Å². The number of halogens is 1. The first-order chi connectivity index (χ1) is 11.1. The van der Waals surface area contributed by atoms with Crippen LogP contribution < -0.4 is 15.4 Å². The minimum Gasteiger partial charge on any atom is -0.494 e. The Labute approximate surface area is 168 Å². The van der Waals surface area contributed by atoms with Crippen LogP contribution in [0.15, 0.2) is 23.2 Å². The standard InChI is InChI=1S/C17H29N3O3S.HI/c1-7-23-15-10-13(2)8-9-14(15)11-19-16(18-5)20-12-17(3,4)24(6,21)22;/h8-10H,7,11-12H2,1-6H3,(H2,18,19,20);1H. The zero-order valence-corrected chi connectivity index (χ0v) is 19.0. The van der Waals surface area contributed by atoms with E-state index in [-0.39, 0.29) is 30.5 Å². The van der Waals surface area contributed by atoms with E-state index >= 15 is 0 Å². The van der Waals surface area contributed by atoms with E-state index < -0.39 is 14.6 Å². The highest BCUT2D eigenvalue weighted by atomic mass is 127. The lowest BCUT2D eigenvalue weighted by Crippen LogP contribution is -2.47. The molecule has 0 amide bonds. The van der Waals surface area contributed by atoms with Crippen molar-refractivity contribution in [3.63, 3.8) is 0 Å². The van der Waals surface area contributed by atoms with E-state index in [1.54, 1.807) is 20.9 Å². The molecule has 6 nitrogen and oxygen atoms in total. The predicted molar refractivity (Wildman–Crippen MR) is 115 cm³/mol. The van der Waals surface area contributed by atoms with Gasteiger partial charge in [-0.05, 0) is 39.3 Å². The summed E-state index contributed by atoms with van der Waals surface area (Å²) in [7, 11) is -1.50. The summed E-state index contributed by atoms with van der Waals surface area (Å²) in [5, 5.41) is 6.26. The van der Waals surface area contributed by atoms with E-state index in [1.165, 1.54) is 6.26 Å². The lowest BCUT2D eigenvalue weighted by molar-refractivity contribution is 0.336. The van der Waals surface area contributed by atoms with Crippen LogP contribution in [0.5, 0.6) is 5.75 Å². The highest BCUT2D eigenvalue weighted by Gasteiger charge is 2.30. The third-order valence-electron chi connectivity index (χ3n) is 3.88. The second kappa shape index (κ2) is 10.2. The molecule has 0 aliphatic rings. The van der Waals surface area contributed by atoms with Gasteiger partial charge in [0.05, 0.1) is 11.4 Å². The molecule has 0 unspecified atom stereocenters. The number of aryl methyl sites for hydroxylation is 1. The lowest BCUT2D eigenvalue weighted by atomic mass is 10.1. The Morgan fingerprint density at radius 2 is 1.92 bits per heavy atom. The van der Waals surface area contributed by atoms with E-state index in [2.05, 4.69) is 15.6 Å². The smallest absolute Gasteiger partial charge is 0.191 e. The van der Waals surface area contributed by atoms with Crippen molar-refractivity contribution in [2.24, 2.45) is 4.99 Å². The van der Waals surface area contributed by atoms with Crippen molar-refractivity contribution >= 4 is 39.8 Å². The van der Waals surface area contributed by atoms with Gasteiger partial charge in [-0.25, -0.2) is 8.42 Å². The van der Waals surface area contributed by atoms with Gasteiger partial charge in [0, 0.05) is 32.0 Å². The van der Waals surface area contributed by atoms with Gasteiger partial charge in [-0.15, -0.1) is 24.0 Å². The summed E-state index contributed by atoms with van der Waals surface area (Å²) < 4.78 is 28.3. The third-order valence-corrected chi connectivity index (χ3v) is 6.03. The second-order valence-corrected chi connectivity index (χ2v) is 9.00. The molecule has 0 heterocycles. The van der Waals surface area contributed by atoms with Gasteiger partial charge >= 0.3 is 0 Å². The molecule has 0 atom stereocenters. The molecule has 0 spiro atoms. The van der Waals surface area contributed by atoms with Gasteiger partial charge in [-0.2, -0.15) is 0 Å². The quantitative estimate of drug-likeness (QED) is 0.354. The third kappa shape index (κ3) is 7.39. The highest BCUT2D eigenvalue weighted by Crippen LogP contribution is 2.20. The number of sulfone groups is 1. The first-order valence-electron chi connectivity index (χ1n) is 7.97. The molecule has 0 saturated heterocycles. The van der Waals surface area contributed by atoms with E-state index in [0.717, 1.165) is 16.9 Å². The monoisotopic (exact) mass is 483 g/mol. The molecule has 0 radical (unpaired) electrons. The Bertz CT molecular complexity index is 688. The fraction of sp³-hybridized carbons (Fsp3) is 0.588. The summed E-state index contributed by atoms with van der Waals surface area (Å²) in [6.07, 6.45) is 1.24. The van der Waals surface area contributed by atoms with Crippen LogP contribution in [-0.2, 0) is 16.4 Å². The number of benzene rings is 1. The highest BCUT2D eigenvalue weighted by molar-refractivity contribution is 14.0. The van der Waals surface area contributed by atoms with Gasteiger partial charge in [0.25, 0.3) is 0 Å². The number of hydrogen-bond acceptors (Lipinski definition) is 4. The predicted octanol–water partition coefficient (Wildman–Crippen LogP) is 2.50. The molecule has 144 valence electrons. The molecular weight excluding hydrogens is 453 g/mol. The lowest BCUT2D eigenvalue weighted by Gasteiger charge is -2.24. The number of nitrogens with one attached hydrogen (secondary N) is 2. The van der Waals surface area contributed by atoms with E-state index in [0.29, 0.717) is 19.1 Å². The average Bonchev–Trinajstić information content (AvgIpc) is 2.48. The molecule has 1 rings (SSSR count). The van der Waals surface area contributed by atoms with Gasteiger partial charge in [0.15, 0.2) is 15.8 Å². The topological polar surface area (TPSA) is 79.8 Å². The maximum absolute atomic E-state index is 11.8. The van der Waals surface area contributed by atoms with Crippen LogP contribution >= 0.6 is 24.0 Å². The SMILES string of the molecule is CCOc1cc(C)ccc1CNC(=NC)NCC(C)(C)S(C)(=O)=O.I. The van der Waals surface area contributed by atoms with Crippen LogP contribution in [0.4, 0.5) is 0 Å². The molecule has 25 heavy (non-hydrogen) atoms. The van der Waals surface area contributed by atoms with Crippen LogP contribution in [0, 0.1) is 6.92 Å². The molecular formula is C17H30IN3O3S. The molecule has 0 saturated carbocycles. The Balaban J connectivity index is 0.00000576. The fourth-order valence-corrected chi connectivity index (χ4v) is 2.26. The zero-order chi connectivity index (χ0) is 18.4. The summed E-state index contributed by atoms with van der Waals surface area (Å²) in [4.78, 5) is 4.14. The maximum atomic E-state index is 11.8. The maximum Gasteiger partial charge on any atom is 0.191 e. The van der Waals surface area contributed by atoms with Gasteiger partial charge in [0.2, 0.25) is 0 Å². The summed E-state index contributed by atoms with van der Waals surface area (Å²) in [6.45, 7) is 8.77. The molecule has 1 aromatic carbocycles. The van der Waals surface area contributed by atoms with Crippen molar-refractivity contribution in [3.8, 4) is 5.75 Å². The number of hydrogen-bond donors (Lipinski definition) is 2. The van der Waals surface area contributed by atoms with Crippen LogP contribution in [0.2, 0.25) is 0 Å². The molecule has 0 aliphatic heterocycles. The van der Waals surface area contributed by atoms with Crippen molar-refractivity contribution in [1.29, 1.82) is 0 Å². The van der Waals surface area contributed by atoms with E-state index in [4.69, 9.17) is 4.74 Å². The molecule has 0 bridgehead atoms. The van der Waals surface area contributed by atoms with Crippen molar-refractivity contribution in [1.82, 2.24) is 10.6 Å². The number of rotatable bonds is 7. The normalized spacial score (nSPS) is 12.3. The van der Waals surface area contributed by atoms with Gasteiger partial charge in [-0.1, -0.05) is 12.1 Å². The van der Waals surface area contributed by atoms with Crippen LogP contribution in [0.25, 0.3) is 0 Å². The van der Waals surface area contributed by atoms with E-state index in [9.17, 15) is 8.42 Å². The number of nitrogens with zero attached hydrogens (tertiary/aromatic N) is 1. The average molecular weight is 483 g/mol. The van der Waals surface area contributed by atoms with Crippen LogP contribution in [-0.4, -0.2) is 45.6 Å². The first kappa shape index (κ1) is 24.0. The summed E-state index contributed by atoms with van der Waals surface area (Å²) in [6, 6.07) is 6.05. The Hall–Kier alpha value is -1.03. The summed E-state index contributed by atoms with van der Waals surface area (Å²) in [5.74, 6) is 1.40. The Morgan fingerprint density at radius 3 is 2.44 bits per heavy atom. The van der Waals surface area contributed by atoms with Crippen molar-refractivity contribution in [2.75, 3.05) is 26.5 Å². The second-order valence-electron chi connectivity index (χ2n) is 6.36. The molecule has 2 N–H and O–H groups in total. The van der Waals surface area contributed by atoms with E-state index in [1.807, 2.05) is 32.0 Å². The van der Waals surface area contributed by atoms with Crippen LogP contribution in [0.3, 0.4) is 0 Å². The minimum atomic E-state index is -3.16. The fourth-order valence-electron chi connectivity index (χ4n) is 1.92. The number of aliphatic imine (C=N–C) groups is 1. The van der Waals surface area contributed by atoms with Gasteiger partial charge < -0.3 is 15.4 Å². The largest absolute Gasteiger partial charge is 0.494 e.